The molecule has 3 heterocycles. The number of benzene rings is 3. The third-order valence-electron chi connectivity index (χ3n) is 8.13. The number of nitrogens with one attached hydrogen (secondary N) is 1. The lowest BCUT2D eigenvalue weighted by molar-refractivity contribution is 0.245. The Morgan fingerprint density at radius 2 is 1.53 bits per heavy atom. The molecule has 6 rings (SSSR count). The number of hydrogen-bond donors (Lipinski definition) is 1. The number of ether oxygens (including phenoxy) is 2. The minimum Gasteiger partial charge on any atom is -0.497 e. The number of rotatable bonds is 9. The van der Waals surface area contributed by atoms with Gasteiger partial charge >= 0.3 is 5.69 Å². The number of aromatic amines is 1. The van der Waals surface area contributed by atoms with E-state index in [4.69, 9.17) is 21.1 Å². The molecule has 0 unspecified atom stereocenters. The van der Waals surface area contributed by atoms with E-state index < -0.39 is 0 Å². The van der Waals surface area contributed by atoms with Crippen molar-refractivity contribution >= 4 is 28.3 Å². The highest BCUT2D eigenvalue weighted by Crippen LogP contribution is 2.27. The Labute approximate surface area is 254 Å². The summed E-state index contributed by atoms with van der Waals surface area (Å²) in [6, 6.07) is 24.9. The summed E-state index contributed by atoms with van der Waals surface area (Å²) in [6.07, 6.45) is 0. The summed E-state index contributed by atoms with van der Waals surface area (Å²) in [6.45, 7) is 4.37. The second kappa shape index (κ2) is 12.4. The number of halogens is 1. The molecule has 3 aromatic carbocycles. The number of hydrogen-bond acceptors (Lipinski definition) is 6. The summed E-state index contributed by atoms with van der Waals surface area (Å²) < 4.78 is 13.9. The molecule has 0 radical (unpaired) electrons. The van der Waals surface area contributed by atoms with E-state index in [1.165, 1.54) is 4.57 Å². The summed E-state index contributed by atoms with van der Waals surface area (Å²) in [4.78, 5) is 35.7. The van der Waals surface area contributed by atoms with Gasteiger partial charge in [0.25, 0.3) is 5.56 Å². The summed E-state index contributed by atoms with van der Waals surface area (Å²) >= 11 is 6.42. The van der Waals surface area contributed by atoms with E-state index in [1.54, 1.807) is 18.8 Å². The van der Waals surface area contributed by atoms with Crippen LogP contribution in [0.25, 0.3) is 22.3 Å². The molecule has 0 saturated carbocycles. The standard InChI is InChI=1S/C33H34ClN5O4/c1-42-25-13-11-23(12-14-25)28-21-26-31(35-28)39(22-24-7-3-6-10-30(24)43-2)33(41)38(32(26)40)20-17-36-15-18-37(19-16-36)29-9-5-4-8-27(29)34/h3-14,21,35H,15-20,22H2,1-2H3. The first-order chi connectivity index (χ1) is 21.0. The van der Waals surface area contributed by atoms with E-state index >= 15 is 0 Å². The van der Waals surface area contributed by atoms with Crippen molar-refractivity contribution in [3.05, 3.63) is 110 Å². The maximum atomic E-state index is 14.0. The van der Waals surface area contributed by atoms with Gasteiger partial charge in [-0.25, -0.2) is 4.79 Å². The molecule has 0 spiro atoms. The highest BCUT2D eigenvalue weighted by atomic mass is 35.5. The fourth-order valence-corrected chi connectivity index (χ4v) is 5.98. The van der Waals surface area contributed by atoms with Crippen LogP contribution < -0.4 is 25.6 Å². The van der Waals surface area contributed by atoms with Crippen molar-refractivity contribution in [1.82, 2.24) is 19.0 Å². The van der Waals surface area contributed by atoms with E-state index in [2.05, 4.69) is 14.8 Å². The van der Waals surface area contributed by atoms with Gasteiger partial charge in [-0.3, -0.25) is 18.8 Å². The van der Waals surface area contributed by atoms with Crippen molar-refractivity contribution in [3.8, 4) is 22.8 Å². The minimum absolute atomic E-state index is 0.249. The van der Waals surface area contributed by atoms with Crippen molar-refractivity contribution in [3.63, 3.8) is 0 Å². The van der Waals surface area contributed by atoms with Crippen LogP contribution in [0.4, 0.5) is 5.69 Å². The van der Waals surface area contributed by atoms with E-state index in [0.29, 0.717) is 23.3 Å². The Balaban J connectivity index is 1.32. The monoisotopic (exact) mass is 599 g/mol. The number of para-hydroxylation sites is 2. The van der Waals surface area contributed by atoms with E-state index in [-0.39, 0.29) is 24.3 Å². The van der Waals surface area contributed by atoms with Gasteiger partial charge in [-0.15, -0.1) is 0 Å². The number of piperazine rings is 1. The first-order valence-corrected chi connectivity index (χ1v) is 14.7. The van der Waals surface area contributed by atoms with Crippen LogP contribution in [-0.2, 0) is 13.1 Å². The largest absolute Gasteiger partial charge is 0.497 e. The molecule has 9 nitrogen and oxygen atoms in total. The van der Waals surface area contributed by atoms with Gasteiger partial charge in [0, 0.05) is 50.5 Å². The van der Waals surface area contributed by atoms with Crippen molar-refractivity contribution in [1.29, 1.82) is 0 Å². The number of fused-ring (bicyclic) bond motifs is 1. The van der Waals surface area contributed by atoms with Crippen LogP contribution in [0.1, 0.15) is 5.56 Å². The second-order valence-corrected chi connectivity index (χ2v) is 11.0. The second-order valence-electron chi connectivity index (χ2n) is 10.6. The fourth-order valence-electron chi connectivity index (χ4n) is 5.73. The van der Waals surface area contributed by atoms with Crippen LogP contribution in [0, 0.1) is 0 Å². The molecule has 1 aliphatic rings. The third kappa shape index (κ3) is 5.78. The van der Waals surface area contributed by atoms with Crippen LogP contribution in [-0.4, -0.2) is 66.0 Å². The third-order valence-corrected chi connectivity index (χ3v) is 8.45. The molecule has 5 aromatic rings. The van der Waals surface area contributed by atoms with Gasteiger partial charge in [0.2, 0.25) is 0 Å². The molecule has 1 N–H and O–H groups in total. The van der Waals surface area contributed by atoms with Crippen LogP contribution in [0.2, 0.25) is 5.02 Å². The number of aromatic nitrogens is 3. The molecule has 0 bridgehead atoms. The fraction of sp³-hybridized carbons (Fsp3) is 0.273. The number of nitrogens with zero attached hydrogens (tertiary/aromatic N) is 4. The van der Waals surface area contributed by atoms with Gasteiger partial charge in [0.15, 0.2) is 0 Å². The zero-order valence-corrected chi connectivity index (χ0v) is 25.0. The molecule has 43 heavy (non-hydrogen) atoms. The Hall–Kier alpha value is -4.47. The highest BCUT2D eigenvalue weighted by molar-refractivity contribution is 6.33. The minimum atomic E-state index is -0.360. The summed E-state index contributed by atoms with van der Waals surface area (Å²) in [5.41, 5.74) is 3.33. The van der Waals surface area contributed by atoms with Gasteiger partial charge in [0.05, 0.1) is 36.9 Å². The summed E-state index contributed by atoms with van der Waals surface area (Å²) in [5.74, 6) is 1.42. The first-order valence-electron chi connectivity index (χ1n) is 14.3. The number of anilines is 1. The molecular weight excluding hydrogens is 566 g/mol. The lowest BCUT2D eigenvalue weighted by Crippen LogP contribution is -2.49. The van der Waals surface area contributed by atoms with E-state index in [0.717, 1.165) is 59.5 Å². The van der Waals surface area contributed by atoms with Crippen LogP contribution in [0.3, 0.4) is 0 Å². The van der Waals surface area contributed by atoms with Crippen molar-refractivity contribution in [2.45, 2.75) is 13.1 Å². The number of methoxy groups -OCH3 is 2. The Morgan fingerprint density at radius 3 is 2.26 bits per heavy atom. The zero-order chi connectivity index (χ0) is 29.9. The molecule has 0 aliphatic carbocycles. The molecular formula is C33H34ClN5O4. The quantitative estimate of drug-likeness (QED) is 0.264. The SMILES string of the molecule is COc1ccc(-c2cc3c(=O)n(CCN4CCN(c5ccccc5Cl)CC4)c(=O)n(Cc4ccccc4OC)c3[nH]2)cc1. The van der Waals surface area contributed by atoms with Gasteiger partial charge in [-0.05, 0) is 54.1 Å². The Bertz CT molecular complexity index is 1850. The molecule has 1 fully saturated rings. The van der Waals surface area contributed by atoms with Crippen LogP contribution >= 0.6 is 11.6 Å². The van der Waals surface area contributed by atoms with Gasteiger partial charge in [0.1, 0.15) is 17.1 Å². The van der Waals surface area contributed by atoms with Gasteiger partial charge in [-0.1, -0.05) is 41.9 Å². The topological polar surface area (TPSA) is 84.7 Å². The first kappa shape index (κ1) is 28.6. The van der Waals surface area contributed by atoms with E-state index in [9.17, 15) is 9.59 Å². The zero-order valence-electron chi connectivity index (χ0n) is 24.3. The average Bonchev–Trinajstić information content (AvgIpc) is 3.50. The smallest absolute Gasteiger partial charge is 0.332 e. The molecule has 10 heteroatoms. The highest BCUT2D eigenvalue weighted by Gasteiger charge is 2.21. The number of H-pyrrole nitrogens is 1. The summed E-state index contributed by atoms with van der Waals surface area (Å²) in [7, 11) is 3.23. The van der Waals surface area contributed by atoms with Crippen molar-refractivity contribution in [2.24, 2.45) is 0 Å². The Kier molecular flexibility index (Phi) is 8.26. The van der Waals surface area contributed by atoms with Gasteiger partial charge in [-0.2, -0.15) is 0 Å². The van der Waals surface area contributed by atoms with Crippen molar-refractivity contribution in [2.75, 3.05) is 51.8 Å². The molecule has 2 aromatic heterocycles. The molecule has 222 valence electrons. The van der Waals surface area contributed by atoms with Crippen LogP contribution in [0.5, 0.6) is 11.5 Å². The normalized spacial score (nSPS) is 13.9. The van der Waals surface area contributed by atoms with Crippen molar-refractivity contribution < 1.29 is 9.47 Å². The van der Waals surface area contributed by atoms with E-state index in [1.807, 2.05) is 78.9 Å². The van der Waals surface area contributed by atoms with Crippen LogP contribution in [0.15, 0.2) is 88.5 Å². The molecule has 0 amide bonds. The Morgan fingerprint density at radius 1 is 0.814 bits per heavy atom. The lowest BCUT2D eigenvalue weighted by Gasteiger charge is -2.36. The lowest BCUT2D eigenvalue weighted by atomic mass is 10.1. The molecule has 1 aliphatic heterocycles. The molecule has 0 atom stereocenters. The average molecular weight is 600 g/mol. The maximum absolute atomic E-state index is 14.0. The predicted octanol–water partition coefficient (Wildman–Crippen LogP) is 4.70. The van der Waals surface area contributed by atoms with Gasteiger partial charge < -0.3 is 19.4 Å². The summed E-state index contributed by atoms with van der Waals surface area (Å²) in [5, 5.41) is 1.20. The molecule has 1 saturated heterocycles. The predicted molar refractivity (Wildman–Crippen MR) is 171 cm³/mol. The maximum Gasteiger partial charge on any atom is 0.332 e.